The predicted molar refractivity (Wildman–Crippen MR) is 99.3 cm³/mol. The summed E-state index contributed by atoms with van der Waals surface area (Å²) in [6, 6.07) is 10.6. The van der Waals surface area contributed by atoms with E-state index in [0.29, 0.717) is 40.9 Å². The van der Waals surface area contributed by atoms with Gasteiger partial charge in [-0.1, -0.05) is 11.6 Å². The highest BCUT2D eigenvalue weighted by Gasteiger charge is 2.08. The van der Waals surface area contributed by atoms with Gasteiger partial charge in [0.2, 0.25) is 5.91 Å². The number of amides is 1. The summed E-state index contributed by atoms with van der Waals surface area (Å²) in [6.45, 7) is 0.474. The second kappa shape index (κ2) is 9.03. The van der Waals surface area contributed by atoms with Crippen molar-refractivity contribution >= 4 is 28.9 Å². The van der Waals surface area contributed by atoms with Crippen LogP contribution in [0.1, 0.15) is 6.42 Å². The van der Waals surface area contributed by atoms with Crippen molar-refractivity contribution in [1.82, 2.24) is 0 Å². The van der Waals surface area contributed by atoms with Crippen molar-refractivity contribution in [1.29, 1.82) is 0 Å². The van der Waals surface area contributed by atoms with Crippen LogP contribution in [0.2, 0.25) is 5.02 Å². The molecule has 0 saturated carbocycles. The number of benzene rings is 2. The summed E-state index contributed by atoms with van der Waals surface area (Å²) in [5, 5.41) is 6.49. The van der Waals surface area contributed by atoms with Crippen molar-refractivity contribution in [3.8, 4) is 17.2 Å². The van der Waals surface area contributed by atoms with Crippen LogP contribution in [-0.4, -0.2) is 33.8 Å². The minimum absolute atomic E-state index is 0.112. The highest BCUT2D eigenvalue weighted by molar-refractivity contribution is 6.32. The van der Waals surface area contributed by atoms with E-state index in [1.54, 1.807) is 51.7 Å². The molecule has 0 saturated heterocycles. The summed E-state index contributed by atoms with van der Waals surface area (Å²) in [4.78, 5) is 12.1. The molecule has 0 aliphatic rings. The number of carbonyl (C=O) groups is 1. The van der Waals surface area contributed by atoms with Gasteiger partial charge in [-0.25, -0.2) is 0 Å². The molecule has 134 valence electrons. The quantitative estimate of drug-likeness (QED) is 0.745. The summed E-state index contributed by atoms with van der Waals surface area (Å²) >= 11 is 6.07. The van der Waals surface area contributed by atoms with Gasteiger partial charge < -0.3 is 24.8 Å². The Morgan fingerprint density at radius 1 is 0.920 bits per heavy atom. The third-order valence-electron chi connectivity index (χ3n) is 3.50. The molecule has 0 unspecified atom stereocenters. The molecule has 1 amide bonds. The van der Waals surface area contributed by atoms with Crippen molar-refractivity contribution in [3.63, 3.8) is 0 Å². The van der Waals surface area contributed by atoms with E-state index in [1.165, 1.54) is 0 Å². The lowest BCUT2D eigenvalue weighted by molar-refractivity contribution is -0.115. The summed E-state index contributed by atoms with van der Waals surface area (Å²) in [5.74, 6) is 1.67. The van der Waals surface area contributed by atoms with E-state index in [-0.39, 0.29) is 5.91 Å². The number of halogens is 1. The van der Waals surface area contributed by atoms with Gasteiger partial charge >= 0.3 is 0 Å². The first-order valence-electron chi connectivity index (χ1n) is 7.66. The first kappa shape index (κ1) is 18.7. The van der Waals surface area contributed by atoms with Crippen LogP contribution in [-0.2, 0) is 4.79 Å². The predicted octanol–water partition coefficient (Wildman–Crippen LogP) is 3.81. The molecule has 0 spiro atoms. The standard InChI is InChI=1S/C18H21ClN2O4/c1-23-15-6-4-12(10-14(15)19)20-9-8-18(22)21-13-5-7-16(24-2)17(11-13)25-3/h4-7,10-11,20H,8-9H2,1-3H3,(H,21,22). The minimum Gasteiger partial charge on any atom is -0.495 e. The van der Waals surface area contributed by atoms with E-state index >= 15 is 0 Å². The Balaban J connectivity index is 1.85. The van der Waals surface area contributed by atoms with Crippen molar-refractivity contribution in [2.45, 2.75) is 6.42 Å². The van der Waals surface area contributed by atoms with Gasteiger partial charge in [-0.3, -0.25) is 4.79 Å². The van der Waals surface area contributed by atoms with E-state index in [9.17, 15) is 4.79 Å². The number of anilines is 2. The van der Waals surface area contributed by atoms with Crippen LogP contribution < -0.4 is 24.8 Å². The topological polar surface area (TPSA) is 68.8 Å². The summed E-state index contributed by atoms with van der Waals surface area (Å²) in [5.41, 5.74) is 1.47. The monoisotopic (exact) mass is 364 g/mol. The third-order valence-corrected chi connectivity index (χ3v) is 3.80. The Kier molecular flexibility index (Phi) is 6.77. The second-order valence-electron chi connectivity index (χ2n) is 5.14. The molecule has 0 aliphatic heterocycles. The summed E-state index contributed by atoms with van der Waals surface area (Å²) < 4.78 is 15.5. The van der Waals surface area contributed by atoms with Crippen molar-refractivity contribution in [2.24, 2.45) is 0 Å². The van der Waals surface area contributed by atoms with E-state index in [0.717, 1.165) is 5.69 Å². The lowest BCUT2D eigenvalue weighted by Crippen LogP contribution is -2.16. The molecule has 2 aromatic carbocycles. The fourth-order valence-corrected chi connectivity index (χ4v) is 2.49. The number of carbonyl (C=O) groups excluding carboxylic acids is 1. The van der Waals surface area contributed by atoms with Crippen LogP contribution in [0.5, 0.6) is 17.2 Å². The molecule has 0 radical (unpaired) electrons. The van der Waals surface area contributed by atoms with E-state index in [1.807, 2.05) is 6.07 Å². The number of nitrogens with one attached hydrogen (secondary N) is 2. The molecule has 7 heteroatoms. The van der Waals surface area contributed by atoms with Crippen LogP contribution in [0.3, 0.4) is 0 Å². The Labute approximate surface area is 152 Å². The van der Waals surface area contributed by atoms with Crippen LogP contribution >= 0.6 is 11.6 Å². The Bertz CT molecular complexity index is 737. The molecule has 2 aromatic rings. The van der Waals surface area contributed by atoms with Gasteiger partial charge in [0, 0.05) is 30.4 Å². The average molecular weight is 365 g/mol. The van der Waals surface area contributed by atoms with Crippen molar-refractivity contribution in [3.05, 3.63) is 41.4 Å². The first-order chi connectivity index (χ1) is 12.1. The fourth-order valence-electron chi connectivity index (χ4n) is 2.23. The SMILES string of the molecule is COc1ccc(NCCC(=O)Nc2ccc(OC)c(OC)c2)cc1Cl. The zero-order chi connectivity index (χ0) is 18.2. The third kappa shape index (κ3) is 5.19. The second-order valence-corrected chi connectivity index (χ2v) is 5.55. The molecular formula is C18H21ClN2O4. The van der Waals surface area contributed by atoms with Crippen LogP contribution in [0.25, 0.3) is 0 Å². The number of rotatable bonds is 8. The van der Waals surface area contributed by atoms with Crippen LogP contribution in [0, 0.1) is 0 Å². The molecular weight excluding hydrogens is 344 g/mol. The molecule has 0 fully saturated rings. The molecule has 2 rings (SSSR count). The highest BCUT2D eigenvalue weighted by Crippen LogP contribution is 2.30. The highest BCUT2D eigenvalue weighted by atomic mass is 35.5. The van der Waals surface area contributed by atoms with E-state index in [4.69, 9.17) is 25.8 Å². The molecule has 0 aromatic heterocycles. The van der Waals surface area contributed by atoms with Gasteiger partial charge in [0.05, 0.1) is 26.4 Å². The van der Waals surface area contributed by atoms with Crippen molar-refractivity contribution in [2.75, 3.05) is 38.5 Å². The van der Waals surface area contributed by atoms with Crippen molar-refractivity contribution < 1.29 is 19.0 Å². The molecule has 2 N–H and O–H groups in total. The Hall–Kier alpha value is -2.60. The van der Waals surface area contributed by atoms with Crippen LogP contribution in [0.4, 0.5) is 11.4 Å². The first-order valence-corrected chi connectivity index (χ1v) is 8.04. The maximum Gasteiger partial charge on any atom is 0.226 e. The lowest BCUT2D eigenvalue weighted by atomic mass is 10.2. The molecule has 6 nitrogen and oxygen atoms in total. The van der Waals surface area contributed by atoms with Gasteiger partial charge in [-0.15, -0.1) is 0 Å². The van der Waals surface area contributed by atoms with E-state index < -0.39 is 0 Å². The van der Waals surface area contributed by atoms with Gasteiger partial charge in [0.15, 0.2) is 11.5 Å². The molecule has 0 aliphatic carbocycles. The molecule has 25 heavy (non-hydrogen) atoms. The fraction of sp³-hybridized carbons (Fsp3) is 0.278. The molecule has 0 atom stereocenters. The zero-order valence-corrected chi connectivity index (χ0v) is 15.1. The van der Waals surface area contributed by atoms with Gasteiger partial charge in [0.25, 0.3) is 0 Å². The maximum atomic E-state index is 12.1. The largest absolute Gasteiger partial charge is 0.495 e. The molecule has 0 heterocycles. The normalized spacial score (nSPS) is 10.1. The van der Waals surface area contributed by atoms with Gasteiger partial charge in [0.1, 0.15) is 5.75 Å². The average Bonchev–Trinajstić information content (AvgIpc) is 2.61. The smallest absolute Gasteiger partial charge is 0.226 e. The van der Waals surface area contributed by atoms with Gasteiger partial charge in [-0.05, 0) is 30.3 Å². The number of hydrogen-bond donors (Lipinski definition) is 2. The van der Waals surface area contributed by atoms with Gasteiger partial charge in [-0.2, -0.15) is 0 Å². The molecule has 0 bridgehead atoms. The number of methoxy groups -OCH3 is 3. The zero-order valence-electron chi connectivity index (χ0n) is 14.4. The maximum absolute atomic E-state index is 12.1. The number of hydrogen-bond acceptors (Lipinski definition) is 5. The Morgan fingerprint density at radius 2 is 1.56 bits per heavy atom. The lowest BCUT2D eigenvalue weighted by Gasteiger charge is -2.11. The van der Waals surface area contributed by atoms with Crippen LogP contribution in [0.15, 0.2) is 36.4 Å². The van der Waals surface area contributed by atoms with E-state index in [2.05, 4.69) is 10.6 Å². The summed E-state index contributed by atoms with van der Waals surface area (Å²) in [6.07, 6.45) is 0.304. The minimum atomic E-state index is -0.112. The number of ether oxygens (including phenoxy) is 3. The Morgan fingerprint density at radius 3 is 2.20 bits per heavy atom. The summed E-state index contributed by atoms with van der Waals surface area (Å²) in [7, 11) is 4.67.